The second kappa shape index (κ2) is 6.23. The maximum Gasteiger partial charge on any atom is 0.341 e. The summed E-state index contributed by atoms with van der Waals surface area (Å²) in [6.07, 6.45) is 0. The topological polar surface area (TPSA) is 108 Å². The van der Waals surface area contributed by atoms with Gasteiger partial charge in [0.05, 0.1) is 43.6 Å². The summed E-state index contributed by atoms with van der Waals surface area (Å²) in [6, 6.07) is 7.05. The summed E-state index contributed by atoms with van der Waals surface area (Å²) < 4.78 is 14.3. The van der Waals surface area contributed by atoms with Crippen LogP contribution in [0, 0.1) is 0 Å². The van der Waals surface area contributed by atoms with E-state index >= 15 is 0 Å². The molecular formula is C17H14N2O6. The Hall–Kier alpha value is -3.42. The molecule has 1 N–H and O–H groups in total. The molecule has 8 nitrogen and oxygen atoms in total. The van der Waals surface area contributed by atoms with Crippen molar-refractivity contribution < 1.29 is 28.6 Å². The lowest BCUT2D eigenvalue weighted by atomic mass is 10.1. The molecule has 2 aliphatic rings. The van der Waals surface area contributed by atoms with E-state index in [2.05, 4.69) is 9.97 Å². The third kappa shape index (κ3) is 2.47. The molecule has 0 unspecified atom stereocenters. The Labute approximate surface area is 142 Å². The number of aromatic nitrogens is 2. The predicted octanol–water partition coefficient (Wildman–Crippen LogP) is 2.03. The van der Waals surface area contributed by atoms with Crippen molar-refractivity contribution in [3.63, 3.8) is 0 Å². The molecule has 0 saturated carbocycles. The van der Waals surface area contributed by atoms with E-state index in [9.17, 15) is 14.4 Å². The van der Waals surface area contributed by atoms with Gasteiger partial charge < -0.3 is 19.2 Å². The Morgan fingerprint density at radius 2 is 1.40 bits per heavy atom. The van der Waals surface area contributed by atoms with Crippen LogP contribution in [0.5, 0.6) is 0 Å². The van der Waals surface area contributed by atoms with Crippen LogP contribution < -0.4 is 0 Å². The SMILES string of the molecule is COC(=O)c1c2nc3ccccc3[nH]c-2c(C(=O)OC)c1C(=O)OC. The van der Waals surface area contributed by atoms with Crippen LogP contribution in [-0.4, -0.2) is 49.2 Å². The van der Waals surface area contributed by atoms with Crippen LogP contribution >= 0.6 is 0 Å². The van der Waals surface area contributed by atoms with Gasteiger partial charge in [-0.2, -0.15) is 0 Å². The van der Waals surface area contributed by atoms with E-state index in [1.807, 2.05) is 0 Å². The first-order chi connectivity index (χ1) is 12.0. The first kappa shape index (κ1) is 16.4. The molecule has 128 valence electrons. The van der Waals surface area contributed by atoms with Crippen molar-refractivity contribution in [1.29, 1.82) is 0 Å². The number of H-pyrrole nitrogens is 1. The van der Waals surface area contributed by atoms with Gasteiger partial charge in [0.25, 0.3) is 0 Å². The van der Waals surface area contributed by atoms with E-state index in [-0.39, 0.29) is 28.1 Å². The summed E-state index contributed by atoms with van der Waals surface area (Å²) in [4.78, 5) is 44.3. The van der Waals surface area contributed by atoms with Crippen molar-refractivity contribution in [3.05, 3.63) is 41.0 Å². The second-order valence-electron chi connectivity index (χ2n) is 5.08. The average molecular weight is 342 g/mol. The molecule has 1 aliphatic heterocycles. The van der Waals surface area contributed by atoms with E-state index in [0.29, 0.717) is 11.0 Å². The molecule has 0 atom stereocenters. The number of carbonyl (C=O) groups excluding carboxylic acids is 3. The standard InChI is InChI=1S/C17H14N2O6/c1-23-15(20)10-11(16(21)24-2)13-14(12(10)17(22)25-3)19-9-7-5-4-6-8(9)18-13/h4-7,18H,1-3H3. The Bertz CT molecular complexity index is 905. The lowest BCUT2D eigenvalue weighted by Crippen LogP contribution is -2.14. The summed E-state index contributed by atoms with van der Waals surface area (Å²) >= 11 is 0. The third-order valence-corrected chi connectivity index (χ3v) is 3.79. The number of rotatable bonds is 3. The molecule has 8 heteroatoms. The van der Waals surface area contributed by atoms with Gasteiger partial charge >= 0.3 is 17.9 Å². The minimum absolute atomic E-state index is 0.122. The summed E-state index contributed by atoms with van der Waals surface area (Å²) in [7, 11) is 3.50. The Morgan fingerprint density at radius 3 is 2.04 bits per heavy atom. The molecule has 3 rings (SSSR count). The molecule has 0 fully saturated rings. The zero-order valence-corrected chi connectivity index (χ0v) is 13.7. The van der Waals surface area contributed by atoms with Crippen molar-refractivity contribution in [2.75, 3.05) is 21.3 Å². The lowest BCUT2D eigenvalue weighted by Gasteiger charge is -2.06. The van der Waals surface area contributed by atoms with Gasteiger partial charge in [-0.15, -0.1) is 0 Å². The second-order valence-corrected chi connectivity index (χ2v) is 5.08. The van der Waals surface area contributed by atoms with E-state index in [1.165, 1.54) is 14.2 Å². The van der Waals surface area contributed by atoms with Crippen LogP contribution in [-0.2, 0) is 14.2 Å². The van der Waals surface area contributed by atoms with Crippen molar-refractivity contribution in [2.45, 2.75) is 0 Å². The van der Waals surface area contributed by atoms with Crippen LogP contribution in [0.4, 0.5) is 0 Å². The number of para-hydroxylation sites is 2. The molecule has 25 heavy (non-hydrogen) atoms. The Balaban J connectivity index is 2.51. The van der Waals surface area contributed by atoms with Crippen LogP contribution in [0.15, 0.2) is 24.3 Å². The lowest BCUT2D eigenvalue weighted by molar-refractivity contribution is 0.0539. The summed E-state index contributed by atoms with van der Waals surface area (Å²) in [5, 5.41) is 0. The van der Waals surface area contributed by atoms with E-state index in [4.69, 9.17) is 14.2 Å². The van der Waals surface area contributed by atoms with Gasteiger partial charge in [-0.3, -0.25) is 0 Å². The Morgan fingerprint density at radius 1 is 0.840 bits per heavy atom. The maximum atomic E-state index is 12.3. The average Bonchev–Trinajstić information content (AvgIpc) is 2.98. The summed E-state index contributed by atoms with van der Waals surface area (Å²) in [6.45, 7) is 0. The van der Waals surface area contributed by atoms with Crippen molar-refractivity contribution in [2.24, 2.45) is 0 Å². The Kier molecular flexibility index (Phi) is 4.10. The largest absolute Gasteiger partial charge is 0.465 e. The van der Waals surface area contributed by atoms with Gasteiger partial charge in [0.2, 0.25) is 0 Å². The van der Waals surface area contributed by atoms with E-state index < -0.39 is 17.9 Å². The monoisotopic (exact) mass is 342 g/mol. The van der Waals surface area contributed by atoms with Gasteiger partial charge in [-0.05, 0) is 12.1 Å². The number of methoxy groups -OCH3 is 3. The van der Waals surface area contributed by atoms with Crippen molar-refractivity contribution >= 4 is 28.9 Å². The normalized spacial score (nSPS) is 10.7. The highest BCUT2D eigenvalue weighted by Crippen LogP contribution is 2.37. The first-order valence-corrected chi connectivity index (χ1v) is 7.22. The fourth-order valence-electron chi connectivity index (χ4n) is 2.69. The van der Waals surface area contributed by atoms with Gasteiger partial charge in [0, 0.05) is 0 Å². The number of ether oxygens (including phenoxy) is 3. The van der Waals surface area contributed by atoms with Gasteiger partial charge in [0.1, 0.15) is 16.8 Å². The van der Waals surface area contributed by atoms with Crippen molar-refractivity contribution in [3.8, 4) is 11.4 Å². The molecule has 0 bridgehead atoms. The summed E-state index contributed by atoms with van der Waals surface area (Å²) in [5.41, 5.74) is 0.999. The highest BCUT2D eigenvalue weighted by Gasteiger charge is 2.38. The number of carbonyl (C=O) groups is 3. The molecule has 1 heterocycles. The van der Waals surface area contributed by atoms with Crippen LogP contribution in [0.2, 0.25) is 0 Å². The molecule has 0 saturated heterocycles. The highest BCUT2D eigenvalue weighted by molar-refractivity contribution is 6.18. The molecule has 0 spiro atoms. The fourth-order valence-corrected chi connectivity index (χ4v) is 2.69. The number of benzene rings is 1. The van der Waals surface area contributed by atoms with Crippen LogP contribution in [0.25, 0.3) is 22.4 Å². The minimum atomic E-state index is -0.865. The van der Waals surface area contributed by atoms with E-state index in [1.54, 1.807) is 24.3 Å². The number of esters is 3. The summed E-state index contributed by atoms with van der Waals surface area (Å²) in [5.74, 6) is -2.47. The molecular weight excluding hydrogens is 328 g/mol. The molecule has 1 aromatic carbocycles. The number of nitrogens with one attached hydrogen (secondary N) is 1. The number of aromatic amines is 1. The maximum absolute atomic E-state index is 12.3. The quantitative estimate of drug-likeness (QED) is 0.573. The number of hydrogen-bond donors (Lipinski definition) is 1. The van der Waals surface area contributed by atoms with Gasteiger partial charge in [0.15, 0.2) is 0 Å². The number of hydrogen-bond acceptors (Lipinski definition) is 7. The minimum Gasteiger partial charge on any atom is -0.465 e. The van der Waals surface area contributed by atoms with Crippen LogP contribution in [0.3, 0.4) is 0 Å². The third-order valence-electron chi connectivity index (χ3n) is 3.79. The first-order valence-electron chi connectivity index (χ1n) is 7.22. The smallest absolute Gasteiger partial charge is 0.341 e. The molecule has 1 aliphatic carbocycles. The predicted molar refractivity (Wildman–Crippen MR) is 86.7 cm³/mol. The molecule has 0 amide bonds. The number of nitrogens with zero attached hydrogens (tertiary/aromatic N) is 1. The van der Waals surface area contributed by atoms with Gasteiger partial charge in [-0.1, -0.05) is 12.1 Å². The molecule has 1 aromatic rings. The molecule has 0 aromatic heterocycles. The van der Waals surface area contributed by atoms with Crippen LogP contribution in [0.1, 0.15) is 31.1 Å². The number of fused-ring (bicyclic) bond motifs is 2. The van der Waals surface area contributed by atoms with E-state index in [0.717, 1.165) is 7.11 Å². The highest BCUT2D eigenvalue weighted by atomic mass is 16.5. The zero-order chi connectivity index (χ0) is 18.1. The van der Waals surface area contributed by atoms with Gasteiger partial charge in [-0.25, -0.2) is 19.4 Å². The fraction of sp³-hybridized carbons (Fsp3) is 0.176. The molecule has 0 radical (unpaired) electrons. The van der Waals surface area contributed by atoms with Crippen molar-refractivity contribution in [1.82, 2.24) is 9.97 Å². The zero-order valence-electron chi connectivity index (χ0n) is 13.7.